The standard InChI is InChI=1S/C21H24N2O3/c1-3-26-18-7-4-15(5-8-18)12-21(25)22-14-20(24)17-6-9-19-16(13-17)10-11-23(19)2/h4-11,13,20,24H,3,12,14H2,1-2H3,(H,22,25). The molecule has 1 atom stereocenters. The number of benzene rings is 2. The van der Waals surface area contributed by atoms with Crippen LogP contribution in [0.5, 0.6) is 5.75 Å². The van der Waals surface area contributed by atoms with Crippen molar-refractivity contribution in [2.24, 2.45) is 7.05 Å². The van der Waals surface area contributed by atoms with E-state index in [0.717, 1.165) is 27.8 Å². The molecule has 2 N–H and O–H groups in total. The van der Waals surface area contributed by atoms with Crippen molar-refractivity contribution in [2.45, 2.75) is 19.4 Å². The van der Waals surface area contributed by atoms with Crippen molar-refractivity contribution in [3.05, 3.63) is 65.9 Å². The number of nitrogens with zero attached hydrogens (tertiary/aromatic N) is 1. The summed E-state index contributed by atoms with van der Waals surface area (Å²) < 4.78 is 7.42. The molecule has 1 aromatic heterocycles. The van der Waals surface area contributed by atoms with Gasteiger partial charge in [0.15, 0.2) is 0 Å². The number of carbonyl (C=O) groups is 1. The van der Waals surface area contributed by atoms with E-state index in [4.69, 9.17) is 4.74 Å². The first-order valence-corrected chi connectivity index (χ1v) is 8.78. The van der Waals surface area contributed by atoms with Crippen LogP contribution in [-0.2, 0) is 18.3 Å². The van der Waals surface area contributed by atoms with Gasteiger partial charge in [0.25, 0.3) is 0 Å². The Hall–Kier alpha value is -2.79. The van der Waals surface area contributed by atoms with Gasteiger partial charge in [-0.05, 0) is 53.8 Å². The quantitative estimate of drug-likeness (QED) is 0.687. The number of hydrogen-bond donors (Lipinski definition) is 2. The molecule has 0 bridgehead atoms. The van der Waals surface area contributed by atoms with Gasteiger partial charge >= 0.3 is 0 Å². The summed E-state index contributed by atoms with van der Waals surface area (Å²) >= 11 is 0. The second-order valence-corrected chi connectivity index (χ2v) is 6.32. The summed E-state index contributed by atoms with van der Waals surface area (Å²) in [6.07, 6.45) is 1.53. The summed E-state index contributed by atoms with van der Waals surface area (Å²) in [5.41, 5.74) is 2.82. The van der Waals surface area contributed by atoms with Crippen molar-refractivity contribution < 1.29 is 14.6 Å². The van der Waals surface area contributed by atoms with Crippen LogP contribution in [0.25, 0.3) is 10.9 Å². The van der Waals surface area contributed by atoms with E-state index in [9.17, 15) is 9.90 Å². The molecule has 0 aliphatic rings. The fourth-order valence-corrected chi connectivity index (χ4v) is 2.95. The van der Waals surface area contributed by atoms with Crippen LogP contribution in [0.4, 0.5) is 0 Å². The summed E-state index contributed by atoms with van der Waals surface area (Å²) in [5, 5.41) is 14.2. The average molecular weight is 352 g/mol. The lowest BCUT2D eigenvalue weighted by atomic mass is 10.1. The van der Waals surface area contributed by atoms with Gasteiger partial charge in [0.1, 0.15) is 5.75 Å². The molecule has 0 aliphatic carbocycles. The van der Waals surface area contributed by atoms with Gasteiger partial charge in [0.05, 0.1) is 19.1 Å². The first-order valence-electron chi connectivity index (χ1n) is 8.78. The summed E-state index contributed by atoms with van der Waals surface area (Å²) in [6.45, 7) is 2.74. The first kappa shape index (κ1) is 18.0. The third-order valence-electron chi connectivity index (χ3n) is 4.39. The van der Waals surface area contributed by atoms with E-state index in [1.165, 1.54) is 0 Å². The zero-order chi connectivity index (χ0) is 18.5. The number of aryl methyl sites for hydroxylation is 1. The van der Waals surface area contributed by atoms with Crippen molar-refractivity contribution in [2.75, 3.05) is 13.2 Å². The van der Waals surface area contributed by atoms with Crippen LogP contribution >= 0.6 is 0 Å². The molecule has 0 spiro atoms. The molecule has 0 fully saturated rings. The number of aromatic nitrogens is 1. The molecule has 1 heterocycles. The van der Waals surface area contributed by atoms with Crippen molar-refractivity contribution in [1.82, 2.24) is 9.88 Å². The van der Waals surface area contributed by atoms with Crippen molar-refractivity contribution in [1.29, 1.82) is 0 Å². The van der Waals surface area contributed by atoms with E-state index in [1.54, 1.807) is 0 Å². The predicted octanol–water partition coefficient (Wildman–Crippen LogP) is 2.97. The average Bonchev–Trinajstić information content (AvgIpc) is 3.02. The topological polar surface area (TPSA) is 63.5 Å². The first-order chi connectivity index (χ1) is 12.6. The van der Waals surface area contributed by atoms with E-state index in [-0.39, 0.29) is 18.9 Å². The number of rotatable bonds is 7. The maximum absolute atomic E-state index is 12.1. The van der Waals surface area contributed by atoms with Gasteiger partial charge in [-0.1, -0.05) is 18.2 Å². The lowest BCUT2D eigenvalue weighted by molar-refractivity contribution is -0.120. The molecule has 0 saturated carbocycles. The SMILES string of the molecule is CCOc1ccc(CC(=O)NCC(O)c2ccc3c(ccn3C)c2)cc1. The number of aliphatic hydroxyl groups is 1. The summed E-state index contributed by atoms with van der Waals surface area (Å²) in [6, 6.07) is 15.3. The smallest absolute Gasteiger partial charge is 0.224 e. The summed E-state index contributed by atoms with van der Waals surface area (Å²) in [7, 11) is 1.99. The summed E-state index contributed by atoms with van der Waals surface area (Å²) in [4.78, 5) is 12.1. The van der Waals surface area contributed by atoms with E-state index < -0.39 is 6.10 Å². The van der Waals surface area contributed by atoms with Crippen LogP contribution in [0.1, 0.15) is 24.2 Å². The highest BCUT2D eigenvalue weighted by Gasteiger charge is 2.11. The molecular formula is C21H24N2O3. The van der Waals surface area contributed by atoms with Gasteiger partial charge in [0.2, 0.25) is 5.91 Å². The maximum Gasteiger partial charge on any atom is 0.224 e. The molecular weight excluding hydrogens is 328 g/mol. The largest absolute Gasteiger partial charge is 0.494 e. The van der Waals surface area contributed by atoms with Gasteiger partial charge in [-0.3, -0.25) is 4.79 Å². The van der Waals surface area contributed by atoms with Gasteiger partial charge in [0, 0.05) is 25.3 Å². The van der Waals surface area contributed by atoms with Crippen LogP contribution in [0.2, 0.25) is 0 Å². The number of aliphatic hydroxyl groups excluding tert-OH is 1. The normalized spacial score (nSPS) is 12.1. The highest BCUT2D eigenvalue weighted by molar-refractivity contribution is 5.81. The zero-order valence-corrected chi connectivity index (χ0v) is 15.1. The van der Waals surface area contributed by atoms with Gasteiger partial charge in [-0.2, -0.15) is 0 Å². The third-order valence-corrected chi connectivity index (χ3v) is 4.39. The molecule has 5 heteroatoms. The second-order valence-electron chi connectivity index (χ2n) is 6.32. The molecule has 1 unspecified atom stereocenters. The predicted molar refractivity (Wildman–Crippen MR) is 102 cm³/mol. The van der Waals surface area contributed by atoms with Gasteiger partial charge in [-0.15, -0.1) is 0 Å². The fraction of sp³-hybridized carbons (Fsp3) is 0.286. The molecule has 2 aromatic carbocycles. The van der Waals surface area contributed by atoms with Crippen LogP contribution in [-0.4, -0.2) is 28.7 Å². The Balaban J connectivity index is 1.54. The number of hydrogen-bond acceptors (Lipinski definition) is 3. The molecule has 1 amide bonds. The number of ether oxygens (including phenoxy) is 1. The van der Waals surface area contributed by atoms with E-state index in [2.05, 4.69) is 5.32 Å². The second kappa shape index (κ2) is 8.06. The molecule has 5 nitrogen and oxygen atoms in total. The Morgan fingerprint density at radius 3 is 2.69 bits per heavy atom. The molecule has 0 aliphatic heterocycles. The summed E-state index contributed by atoms with van der Waals surface area (Å²) in [5.74, 6) is 0.678. The van der Waals surface area contributed by atoms with Crippen LogP contribution < -0.4 is 10.1 Å². The highest BCUT2D eigenvalue weighted by atomic mass is 16.5. The van der Waals surface area contributed by atoms with E-state index >= 15 is 0 Å². The van der Waals surface area contributed by atoms with Crippen LogP contribution in [0.3, 0.4) is 0 Å². The highest BCUT2D eigenvalue weighted by Crippen LogP contribution is 2.21. The minimum absolute atomic E-state index is 0.117. The monoisotopic (exact) mass is 352 g/mol. The molecule has 3 aromatic rings. The Morgan fingerprint density at radius 1 is 1.19 bits per heavy atom. The van der Waals surface area contributed by atoms with Crippen molar-refractivity contribution >= 4 is 16.8 Å². The van der Waals surface area contributed by atoms with Crippen LogP contribution in [0.15, 0.2) is 54.7 Å². The lowest BCUT2D eigenvalue weighted by Crippen LogP contribution is -2.29. The van der Waals surface area contributed by atoms with Crippen molar-refractivity contribution in [3.8, 4) is 5.75 Å². The Bertz CT molecular complexity index is 884. The lowest BCUT2D eigenvalue weighted by Gasteiger charge is -2.13. The minimum Gasteiger partial charge on any atom is -0.494 e. The number of nitrogens with one attached hydrogen (secondary N) is 1. The van der Waals surface area contributed by atoms with E-state index in [0.29, 0.717) is 6.61 Å². The van der Waals surface area contributed by atoms with Gasteiger partial charge in [-0.25, -0.2) is 0 Å². The third kappa shape index (κ3) is 4.24. The molecule has 0 saturated heterocycles. The molecule has 3 rings (SSSR count). The maximum atomic E-state index is 12.1. The molecule has 26 heavy (non-hydrogen) atoms. The Labute approximate surface area is 153 Å². The minimum atomic E-state index is -0.733. The molecule has 0 radical (unpaired) electrons. The zero-order valence-electron chi connectivity index (χ0n) is 15.1. The Morgan fingerprint density at radius 2 is 1.96 bits per heavy atom. The van der Waals surface area contributed by atoms with E-state index in [1.807, 2.05) is 73.3 Å². The number of carbonyl (C=O) groups excluding carboxylic acids is 1. The number of fused-ring (bicyclic) bond motifs is 1. The van der Waals surface area contributed by atoms with Gasteiger partial charge < -0.3 is 19.7 Å². The molecule has 136 valence electrons. The Kier molecular flexibility index (Phi) is 5.58. The fourth-order valence-electron chi connectivity index (χ4n) is 2.95. The number of amides is 1. The van der Waals surface area contributed by atoms with Crippen LogP contribution in [0, 0.1) is 0 Å². The van der Waals surface area contributed by atoms with Crippen molar-refractivity contribution in [3.63, 3.8) is 0 Å².